The van der Waals surface area contributed by atoms with Crippen molar-refractivity contribution in [3.8, 4) is 0 Å². The number of hydrogen-bond acceptors (Lipinski definition) is 4. The lowest BCUT2D eigenvalue weighted by molar-refractivity contribution is -0.140. The van der Waals surface area contributed by atoms with Gasteiger partial charge in [0.1, 0.15) is 12.6 Å². The van der Waals surface area contributed by atoms with E-state index in [0.29, 0.717) is 17.3 Å². The summed E-state index contributed by atoms with van der Waals surface area (Å²) >= 11 is 6.21. The second-order valence-electron chi connectivity index (χ2n) is 9.25. The third-order valence-corrected chi connectivity index (χ3v) is 7.44. The molecule has 0 aliphatic rings. The Kier molecular flexibility index (Phi) is 10.3. The predicted octanol–water partition coefficient (Wildman–Crippen LogP) is 4.58. The molecular formula is C29H34ClN3O4S. The number of nitrogens with one attached hydrogen (secondary N) is 1. The maximum atomic E-state index is 13.9. The maximum Gasteiger partial charge on any atom is 0.244 e. The Morgan fingerprint density at radius 1 is 0.947 bits per heavy atom. The fourth-order valence-electron chi connectivity index (χ4n) is 4.08. The first-order valence-corrected chi connectivity index (χ1v) is 14.7. The highest BCUT2D eigenvalue weighted by molar-refractivity contribution is 7.92. The van der Waals surface area contributed by atoms with Crippen LogP contribution in [0.2, 0.25) is 5.02 Å². The van der Waals surface area contributed by atoms with Crippen molar-refractivity contribution < 1.29 is 18.0 Å². The van der Waals surface area contributed by atoms with Crippen molar-refractivity contribution in [1.29, 1.82) is 0 Å². The monoisotopic (exact) mass is 555 g/mol. The summed E-state index contributed by atoms with van der Waals surface area (Å²) in [4.78, 5) is 28.8. The zero-order chi connectivity index (χ0) is 27.7. The minimum absolute atomic E-state index is 0.0853. The van der Waals surface area contributed by atoms with Crippen molar-refractivity contribution >= 4 is 39.1 Å². The van der Waals surface area contributed by atoms with E-state index in [0.717, 1.165) is 33.7 Å². The molecule has 0 aromatic heterocycles. The highest BCUT2D eigenvalue weighted by Gasteiger charge is 2.32. The van der Waals surface area contributed by atoms with Crippen LogP contribution in [0.3, 0.4) is 0 Å². The highest BCUT2D eigenvalue weighted by Crippen LogP contribution is 2.21. The van der Waals surface area contributed by atoms with Crippen LogP contribution < -0.4 is 9.62 Å². The number of hydrogen-bond donors (Lipinski definition) is 1. The summed E-state index contributed by atoms with van der Waals surface area (Å²) in [5.74, 6) is -0.795. The number of amides is 2. The van der Waals surface area contributed by atoms with Gasteiger partial charge in [0, 0.05) is 24.5 Å². The van der Waals surface area contributed by atoms with Crippen LogP contribution in [0.5, 0.6) is 0 Å². The normalized spacial score (nSPS) is 12.0. The molecule has 3 aromatic rings. The smallest absolute Gasteiger partial charge is 0.244 e. The zero-order valence-corrected chi connectivity index (χ0v) is 23.5. The van der Waals surface area contributed by atoms with E-state index in [-0.39, 0.29) is 18.9 Å². The molecule has 1 N–H and O–H groups in total. The highest BCUT2D eigenvalue weighted by atomic mass is 35.5. The van der Waals surface area contributed by atoms with Crippen molar-refractivity contribution in [2.45, 2.75) is 39.3 Å². The minimum Gasteiger partial charge on any atom is -0.354 e. The number of rotatable bonds is 12. The average Bonchev–Trinajstić information content (AvgIpc) is 2.88. The second kappa shape index (κ2) is 13.4. The first-order valence-electron chi connectivity index (χ1n) is 12.5. The number of nitrogens with zero attached hydrogens (tertiary/aromatic N) is 2. The van der Waals surface area contributed by atoms with Gasteiger partial charge in [-0.15, -0.1) is 0 Å². The molecule has 3 rings (SSSR count). The summed E-state index contributed by atoms with van der Waals surface area (Å²) in [5, 5.41) is 3.42. The topological polar surface area (TPSA) is 86.8 Å². The molecule has 0 aliphatic carbocycles. The van der Waals surface area contributed by atoms with Gasteiger partial charge in [-0.05, 0) is 48.7 Å². The van der Waals surface area contributed by atoms with Gasteiger partial charge in [0.15, 0.2) is 0 Å². The Bertz CT molecular complexity index is 1330. The van der Waals surface area contributed by atoms with Crippen LogP contribution >= 0.6 is 11.6 Å². The summed E-state index contributed by atoms with van der Waals surface area (Å²) in [6.07, 6.45) is 2.07. The van der Waals surface area contributed by atoms with Crippen LogP contribution in [-0.2, 0) is 32.6 Å². The summed E-state index contributed by atoms with van der Waals surface area (Å²) < 4.78 is 26.6. The fraction of sp³-hybridized carbons (Fsp3) is 0.310. The Hall–Kier alpha value is -3.36. The van der Waals surface area contributed by atoms with Crippen LogP contribution in [0.25, 0.3) is 0 Å². The third-order valence-electron chi connectivity index (χ3n) is 6.06. The summed E-state index contributed by atoms with van der Waals surface area (Å²) in [6.45, 7) is 3.95. The van der Waals surface area contributed by atoms with Crippen LogP contribution in [0.15, 0.2) is 78.9 Å². The van der Waals surface area contributed by atoms with E-state index >= 15 is 0 Å². The van der Waals surface area contributed by atoms with Gasteiger partial charge in [-0.1, -0.05) is 78.7 Å². The van der Waals surface area contributed by atoms with E-state index in [1.54, 1.807) is 42.5 Å². The summed E-state index contributed by atoms with van der Waals surface area (Å²) in [6, 6.07) is 22.6. The Labute approximate surface area is 230 Å². The number of carbonyl (C=O) groups is 2. The lowest BCUT2D eigenvalue weighted by Gasteiger charge is -2.33. The van der Waals surface area contributed by atoms with E-state index < -0.39 is 28.5 Å². The number of carbonyl (C=O) groups excluding carboxylic acids is 2. The van der Waals surface area contributed by atoms with Crippen molar-refractivity contribution in [3.05, 3.63) is 101 Å². The second-order valence-corrected chi connectivity index (χ2v) is 11.6. The number of anilines is 1. The summed E-state index contributed by atoms with van der Waals surface area (Å²) in [7, 11) is -3.79. The van der Waals surface area contributed by atoms with Gasteiger partial charge in [-0.3, -0.25) is 13.9 Å². The number of sulfonamides is 1. The van der Waals surface area contributed by atoms with Crippen LogP contribution in [0, 0.1) is 6.92 Å². The van der Waals surface area contributed by atoms with E-state index in [2.05, 4.69) is 5.32 Å². The van der Waals surface area contributed by atoms with Crippen LogP contribution in [-0.4, -0.2) is 50.5 Å². The molecule has 38 heavy (non-hydrogen) atoms. The predicted molar refractivity (Wildman–Crippen MR) is 153 cm³/mol. The van der Waals surface area contributed by atoms with Gasteiger partial charge in [0.25, 0.3) is 0 Å². The maximum absolute atomic E-state index is 13.9. The quantitative estimate of drug-likeness (QED) is 0.354. The lowest BCUT2D eigenvalue weighted by atomic mass is 10.0. The van der Waals surface area contributed by atoms with Crippen LogP contribution in [0.4, 0.5) is 5.69 Å². The molecule has 0 bridgehead atoms. The van der Waals surface area contributed by atoms with Gasteiger partial charge >= 0.3 is 0 Å². The lowest BCUT2D eigenvalue weighted by Crippen LogP contribution is -2.53. The molecule has 0 spiro atoms. The molecule has 0 unspecified atom stereocenters. The molecule has 0 aliphatic heterocycles. The van der Waals surface area contributed by atoms with Crippen molar-refractivity contribution in [2.75, 3.05) is 23.7 Å². The van der Waals surface area contributed by atoms with Crippen LogP contribution in [0.1, 0.15) is 30.0 Å². The average molecular weight is 556 g/mol. The van der Waals surface area contributed by atoms with E-state index in [1.807, 2.05) is 50.2 Å². The van der Waals surface area contributed by atoms with Gasteiger partial charge in [0.2, 0.25) is 21.8 Å². The molecule has 1 atom stereocenters. The van der Waals surface area contributed by atoms with E-state index in [4.69, 9.17) is 11.6 Å². The van der Waals surface area contributed by atoms with Crippen molar-refractivity contribution in [3.63, 3.8) is 0 Å². The van der Waals surface area contributed by atoms with Gasteiger partial charge in [-0.2, -0.15) is 0 Å². The first kappa shape index (κ1) is 29.2. The Morgan fingerprint density at radius 2 is 1.61 bits per heavy atom. The van der Waals surface area contributed by atoms with Crippen molar-refractivity contribution in [1.82, 2.24) is 10.2 Å². The minimum atomic E-state index is -3.79. The third kappa shape index (κ3) is 8.33. The SMILES string of the molecule is CCCNC(=O)[C@@H](Cc1ccccc1)N(Cc1cccc(Cl)c1)C(=O)CN(c1ccc(C)cc1)S(C)(=O)=O. The molecule has 7 nitrogen and oxygen atoms in total. The molecule has 0 saturated carbocycles. The molecule has 3 aromatic carbocycles. The zero-order valence-electron chi connectivity index (χ0n) is 21.9. The summed E-state index contributed by atoms with van der Waals surface area (Å²) in [5.41, 5.74) is 2.95. The Morgan fingerprint density at radius 3 is 2.21 bits per heavy atom. The molecule has 202 valence electrons. The van der Waals surface area contributed by atoms with Crippen molar-refractivity contribution in [2.24, 2.45) is 0 Å². The van der Waals surface area contributed by atoms with E-state index in [9.17, 15) is 18.0 Å². The fourth-order valence-corrected chi connectivity index (χ4v) is 5.14. The first-order chi connectivity index (χ1) is 18.1. The van der Waals surface area contributed by atoms with E-state index in [1.165, 1.54) is 4.90 Å². The molecule has 0 radical (unpaired) electrons. The molecule has 2 amide bonds. The molecule has 9 heteroatoms. The molecule has 0 saturated heterocycles. The Balaban J connectivity index is 2.03. The van der Waals surface area contributed by atoms with Gasteiger partial charge < -0.3 is 10.2 Å². The number of benzene rings is 3. The number of halogens is 1. The standard InChI is InChI=1S/C29H34ClN3O4S/c1-4-17-31-29(35)27(19-23-9-6-5-7-10-23)32(20-24-11-8-12-25(30)18-24)28(34)21-33(38(3,36)37)26-15-13-22(2)14-16-26/h5-16,18,27H,4,17,19-21H2,1-3H3,(H,31,35)/t27-/m1/s1. The van der Waals surface area contributed by atoms with Gasteiger partial charge in [0.05, 0.1) is 11.9 Å². The molecule has 0 heterocycles. The number of aryl methyl sites for hydroxylation is 1. The largest absolute Gasteiger partial charge is 0.354 e. The molecule has 0 fully saturated rings. The molecular weight excluding hydrogens is 522 g/mol. The van der Waals surface area contributed by atoms with Gasteiger partial charge in [-0.25, -0.2) is 8.42 Å².